The van der Waals surface area contributed by atoms with Crippen molar-refractivity contribution in [2.24, 2.45) is 0 Å². The standard InChI is InChI=1S/C10H19N3O3/c1-12(2)10(15)8-6-11-4-5-13(8)7-9(14)16-3/h8,11H,4-7H2,1-3H3. The highest BCUT2D eigenvalue weighted by Crippen LogP contribution is 2.05. The van der Waals surface area contributed by atoms with Crippen LogP contribution in [0.2, 0.25) is 0 Å². The van der Waals surface area contributed by atoms with E-state index in [0.717, 1.165) is 6.54 Å². The van der Waals surface area contributed by atoms with Crippen molar-refractivity contribution < 1.29 is 14.3 Å². The van der Waals surface area contributed by atoms with E-state index >= 15 is 0 Å². The van der Waals surface area contributed by atoms with Gasteiger partial charge in [0.05, 0.1) is 13.7 Å². The van der Waals surface area contributed by atoms with Gasteiger partial charge >= 0.3 is 5.97 Å². The topological polar surface area (TPSA) is 61.9 Å². The van der Waals surface area contributed by atoms with Gasteiger partial charge in [-0.25, -0.2) is 0 Å². The Bertz CT molecular complexity index is 268. The van der Waals surface area contributed by atoms with Gasteiger partial charge in [0.2, 0.25) is 5.91 Å². The van der Waals surface area contributed by atoms with Crippen LogP contribution in [0.5, 0.6) is 0 Å². The number of ether oxygens (including phenoxy) is 1. The Hall–Kier alpha value is -1.14. The number of hydrogen-bond acceptors (Lipinski definition) is 5. The quantitative estimate of drug-likeness (QED) is 0.598. The molecule has 0 bridgehead atoms. The van der Waals surface area contributed by atoms with Crippen molar-refractivity contribution in [3.63, 3.8) is 0 Å². The zero-order valence-corrected chi connectivity index (χ0v) is 10.0. The van der Waals surface area contributed by atoms with Crippen molar-refractivity contribution >= 4 is 11.9 Å². The summed E-state index contributed by atoms with van der Waals surface area (Å²) in [5.74, 6) is -0.297. The number of nitrogens with one attached hydrogen (secondary N) is 1. The van der Waals surface area contributed by atoms with E-state index in [0.29, 0.717) is 13.1 Å². The molecule has 1 unspecified atom stereocenters. The van der Waals surface area contributed by atoms with Crippen molar-refractivity contribution in [3.05, 3.63) is 0 Å². The Balaban J connectivity index is 2.63. The molecule has 0 aromatic rings. The molecular formula is C10H19N3O3. The number of amides is 1. The lowest BCUT2D eigenvalue weighted by molar-refractivity contribution is -0.145. The second-order valence-electron chi connectivity index (χ2n) is 4.00. The highest BCUT2D eigenvalue weighted by molar-refractivity contribution is 5.82. The number of methoxy groups -OCH3 is 1. The number of rotatable bonds is 3. The molecule has 0 aromatic heterocycles. The molecular weight excluding hydrogens is 210 g/mol. The van der Waals surface area contributed by atoms with Crippen molar-refractivity contribution in [1.29, 1.82) is 0 Å². The Kier molecular flexibility index (Phi) is 4.70. The Morgan fingerprint density at radius 2 is 2.19 bits per heavy atom. The van der Waals surface area contributed by atoms with Crippen LogP contribution in [0.4, 0.5) is 0 Å². The van der Waals surface area contributed by atoms with Gasteiger partial charge in [0.1, 0.15) is 6.04 Å². The number of piperazine rings is 1. The van der Waals surface area contributed by atoms with Crippen molar-refractivity contribution in [3.8, 4) is 0 Å². The van der Waals surface area contributed by atoms with Crippen LogP contribution >= 0.6 is 0 Å². The molecule has 0 radical (unpaired) electrons. The number of nitrogens with zero attached hydrogens (tertiary/aromatic N) is 2. The van der Waals surface area contributed by atoms with E-state index in [1.165, 1.54) is 7.11 Å². The van der Waals surface area contributed by atoms with Crippen LogP contribution in [-0.4, -0.2) is 75.1 Å². The Morgan fingerprint density at radius 1 is 1.50 bits per heavy atom. The lowest BCUT2D eigenvalue weighted by Gasteiger charge is -2.35. The van der Waals surface area contributed by atoms with Crippen LogP contribution in [-0.2, 0) is 14.3 Å². The molecule has 6 nitrogen and oxygen atoms in total. The summed E-state index contributed by atoms with van der Waals surface area (Å²) in [5, 5.41) is 3.15. The molecule has 6 heteroatoms. The molecule has 1 N–H and O–H groups in total. The highest BCUT2D eigenvalue weighted by Gasteiger charge is 2.30. The molecule has 16 heavy (non-hydrogen) atoms. The van der Waals surface area contributed by atoms with E-state index in [9.17, 15) is 9.59 Å². The number of carbonyl (C=O) groups excluding carboxylic acids is 2. The first-order chi connectivity index (χ1) is 7.56. The predicted molar refractivity (Wildman–Crippen MR) is 58.9 cm³/mol. The molecule has 1 amide bonds. The Labute approximate surface area is 95.5 Å². The van der Waals surface area contributed by atoms with E-state index in [4.69, 9.17) is 0 Å². The molecule has 0 saturated carbocycles. The van der Waals surface area contributed by atoms with Gasteiger partial charge in [-0.1, -0.05) is 0 Å². The zero-order chi connectivity index (χ0) is 12.1. The van der Waals surface area contributed by atoms with Crippen LogP contribution < -0.4 is 5.32 Å². The SMILES string of the molecule is COC(=O)CN1CCNCC1C(=O)N(C)C. The summed E-state index contributed by atoms with van der Waals surface area (Å²) in [6.07, 6.45) is 0. The third-order valence-corrected chi connectivity index (χ3v) is 2.64. The molecule has 1 aliphatic rings. The molecule has 1 rings (SSSR count). The van der Waals surface area contributed by atoms with Gasteiger partial charge in [-0.15, -0.1) is 0 Å². The molecule has 92 valence electrons. The average molecular weight is 229 g/mol. The number of hydrogen-bond donors (Lipinski definition) is 1. The largest absolute Gasteiger partial charge is 0.468 e. The first-order valence-corrected chi connectivity index (χ1v) is 5.29. The van der Waals surface area contributed by atoms with Gasteiger partial charge in [-0.05, 0) is 0 Å². The lowest BCUT2D eigenvalue weighted by Crippen LogP contribution is -2.58. The predicted octanol–water partition coefficient (Wildman–Crippen LogP) is -1.48. The molecule has 1 saturated heterocycles. The first kappa shape index (κ1) is 12.9. The summed E-state index contributed by atoms with van der Waals surface area (Å²) in [6.45, 7) is 2.21. The van der Waals surface area contributed by atoms with Crippen molar-refractivity contribution in [2.45, 2.75) is 6.04 Å². The molecule has 0 spiro atoms. The van der Waals surface area contributed by atoms with Gasteiger partial charge in [-0.2, -0.15) is 0 Å². The number of likely N-dealkylation sites (N-methyl/N-ethyl adjacent to an activating group) is 1. The number of carbonyl (C=O) groups is 2. The van der Waals surface area contributed by atoms with E-state index in [-0.39, 0.29) is 24.5 Å². The molecule has 0 aliphatic carbocycles. The third kappa shape index (κ3) is 3.18. The highest BCUT2D eigenvalue weighted by atomic mass is 16.5. The zero-order valence-electron chi connectivity index (χ0n) is 10.0. The van der Waals surface area contributed by atoms with Gasteiger partial charge in [0.15, 0.2) is 0 Å². The molecule has 1 atom stereocenters. The van der Waals surface area contributed by atoms with Crippen LogP contribution in [0.15, 0.2) is 0 Å². The molecule has 0 aromatic carbocycles. The van der Waals surface area contributed by atoms with E-state index in [1.807, 2.05) is 4.90 Å². The fraction of sp³-hybridized carbons (Fsp3) is 0.800. The van der Waals surface area contributed by atoms with E-state index in [1.54, 1.807) is 19.0 Å². The minimum atomic E-state index is -0.307. The normalized spacial score (nSPS) is 21.6. The summed E-state index contributed by atoms with van der Waals surface area (Å²) in [6, 6.07) is -0.275. The molecule has 1 aliphatic heterocycles. The maximum absolute atomic E-state index is 11.9. The fourth-order valence-corrected chi connectivity index (χ4v) is 1.71. The van der Waals surface area contributed by atoms with E-state index < -0.39 is 0 Å². The van der Waals surface area contributed by atoms with E-state index in [2.05, 4.69) is 10.1 Å². The lowest BCUT2D eigenvalue weighted by atomic mass is 10.1. The monoisotopic (exact) mass is 229 g/mol. The maximum atomic E-state index is 11.9. The van der Waals surface area contributed by atoms with Gasteiger partial charge < -0.3 is 15.0 Å². The molecule has 1 heterocycles. The number of esters is 1. The Morgan fingerprint density at radius 3 is 2.75 bits per heavy atom. The summed E-state index contributed by atoms with van der Waals surface area (Å²) >= 11 is 0. The molecule has 1 fully saturated rings. The fourth-order valence-electron chi connectivity index (χ4n) is 1.71. The minimum absolute atomic E-state index is 0.0103. The average Bonchev–Trinajstić information content (AvgIpc) is 2.28. The van der Waals surface area contributed by atoms with Crippen LogP contribution in [0.3, 0.4) is 0 Å². The second kappa shape index (κ2) is 5.81. The maximum Gasteiger partial charge on any atom is 0.319 e. The minimum Gasteiger partial charge on any atom is -0.468 e. The third-order valence-electron chi connectivity index (χ3n) is 2.64. The van der Waals surface area contributed by atoms with Gasteiger partial charge in [0.25, 0.3) is 0 Å². The summed E-state index contributed by atoms with van der Waals surface area (Å²) in [5.41, 5.74) is 0. The van der Waals surface area contributed by atoms with Gasteiger partial charge in [-0.3, -0.25) is 14.5 Å². The summed E-state index contributed by atoms with van der Waals surface area (Å²) in [7, 11) is 4.79. The smallest absolute Gasteiger partial charge is 0.319 e. The van der Waals surface area contributed by atoms with Crippen molar-refractivity contribution in [1.82, 2.24) is 15.1 Å². The summed E-state index contributed by atoms with van der Waals surface area (Å²) < 4.78 is 4.62. The van der Waals surface area contributed by atoms with Crippen LogP contribution in [0.25, 0.3) is 0 Å². The first-order valence-electron chi connectivity index (χ1n) is 5.29. The van der Waals surface area contributed by atoms with Gasteiger partial charge in [0, 0.05) is 33.7 Å². The summed E-state index contributed by atoms with van der Waals surface area (Å²) in [4.78, 5) is 26.5. The van der Waals surface area contributed by atoms with Crippen molar-refractivity contribution in [2.75, 3.05) is 47.4 Å². The van der Waals surface area contributed by atoms with Crippen LogP contribution in [0.1, 0.15) is 0 Å². The second-order valence-corrected chi connectivity index (χ2v) is 4.00. The van der Waals surface area contributed by atoms with Crippen LogP contribution in [0, 0.1) is 0 Å².